The highest BCUT2D eigenvalue weighted by Gasteiger charge is 2.35. The van der Waals surface area contributed by atoms with E-state index in [0.717, 1.165) is 28.8 Å². The standard InChI is InChI=1S/C17H10F3NO3S2/c18-17(19,20)10-2-4-11(5-3-10)21-15(24)14(26-16(21)25)8-9-1-6-12(22)13(23)7-9/h1-8,22-23H/b14-8-. The quantitative estimate of drug-likeness (QED) is 0.443. The monoisotopic (exact) mass is 397 g/mol. The van der Waals surface area contributed by atoms with Crippen molar-refractivity contribution in [2.45, 2.75) is 6.18 Å². The van der Waals surface area contributed by atoms with E-state index in [0.29, 0.717) is 5.56 Å². The fourth-order valence-electron chi connectivity index (χ4n) is 2.27. The number of rotatable bonds is 2. The maximum absolute atomic E-state index is 12.7. The molecule has 1 saturated heterocycles. The molecule has 0 bridgehead atoms. The number of thiocarbonyl (C=S) groups is 1. The molecule has 0 unspecified atom stereocenters. The topological polar surface area (TPSA) is 60.8 Å². The fourth-order valence-corrected chi connectivity index (χ4v) is 3.57. The number of amides is 1. The summed E-state index contributed by atoms with van der Waals surface area (Å²) in [5, 5.41) is 18.8. The number of phenols is 2. The number of hydrogen-bond acceptors (Lipinski definition) is 5. The molecule has 26 heavy (non-hydrogen) atoms. The van der Waals surface area contributed by atoms with Gasteiger partial charge in [0, 0.05) is 0 Å². The molecule has 4 nitrogen and oxygen atoms in total. The molecule has 1 aliphatic heterocycles. The summed E-state index contributed by atoms with van der Waals surface area (Å²) >= 11 is 6.16. The third-order valence-electron chi connectivity index (χ3n) is 3.54. The Hall–Kier alpha value is -2.52. The number of carbonyl (C=O) groups is 1. The first-order valence-corrected chi connectivity index (χ1v) is 8.36. The summed E-state index contributed by atoms with van der Waals surface area (Å²) in [4.78, 5) is 14.0. The minimum atomic E-state index is -4.46. The van der Waals surface area contributed by atoms with Crippen molar-refractivity contribution in [1.82, 2.24) is 0 Å². The molecule has 0 aliphatic carbocycles. The van der Waals surface area contributed by atoms with Gasteiger partial charge >= 0.3 is 6.18 Å². The van der Waals surface area contributed by atoms with Crippen molar-refractivity contribution in [1.29, 1.82) is 0 Å². The van der Waals surface area contributed by atoms with E-state index in [9.17, 15) is 28.2 Å². The molecule has 2 aromatic rings. The number of phenolic OH excluding ortho intramolecular Hbond substituents is 2. The first kappa shape index (κ1) is 18.3. The number of alkyl halides is 3. The van der Waals surface area contributed by atoms with Crippen LogP contribution < -0.4 is 4.90 Å². The van der Waals surface area contributed by atoms with Crippen LogP contribution in [0.2, 0.25) is 0 Å². The maximum Gasteiger partial charge on any atom is 0.416 e. The fraction of sp³-hybridized carbons (Fsp3) is 0.0588. The number of anilines is 1. The highest BCUT2D eigenvalue weighted by Crippen LogP contribution is 2.38. The lowest BCUT2D eigenvalue weighted by atomic mass is 10.1. The van der Waals surface area contributed by atoms with Gasteiger partial charge in [0.15, 0.2) is 15.8 Å². The molecule has 1 aliphatic rings. The first-order valence-electron chi connectivity index (χ1n) is 7.14. The third-order valence-corrected chi connectivity index (χ3v) is 4.85. The van der Waals surface area contributed by atoms with Crippen molar-refractivity contribution in [3.8, 4) is 11.5 Å². The second-order valence-electron chi connectivity index (χ2n) is 5.31. The lowest BCUT2D eigenvalue weighted by Crippen LogP contribution is -2.27. The van der Waals surface area contributed by atoms with Gasteiger partial charge in [-0.2, -0.15) is 13.2 Å². The van der Waals surface area contributed by atoms with Crippen LogP contribution in [0.1, 0.15) is 11.1 Å². The molecule has 1 amide bonds. The van der Waals surface area contributed by atoms with Gasteiger partial charge in [-0.15, -0.1) is 0 Å². The van der Waals surface area contributed by atoms with Crippen molar-refractivity contribution < 1.29 is 28.2 Å². The van der Waals surface area contributed by atoms with Gasteiger partial charge in [-0.1, -0.05) is 30.0 Å². The normalized spacial score (nSPS) is 16.6. The van der Waals surface area contributed by atoms with Crippen LogP contribution in [0.15, 0.2) is 47.4 Å². The van der Waals surface area contributed by atoms with E-state index in [-0.39, 0.29) is 26.4 Å². The van der Waals surface area contributed by atoms with E-state index in [1.54, 1.807) is 0 Å². The smallest absolute Gasteiger partial charge is 0.416 e. The zero-order valence-electron chi connectivity index (χ0n) is 12.8. The second-order valence-corrected chi connectivity index (χ2v) is 6.99. The summed E-state index contributed by atoms with van der Waals surface area (Å²) in [6.45, 7) is 0. The summed E-state index contributed by atoms with van der Waals surface area (Å²) < 4.78 is 38.2. The van der Waals surface area contributed by atoms with E-state index in [4.69, 9.17) is 12.2 Å². The van der Waals surface area contributed by atoms with Crippen LogP contribution in [0, 0.1) is 0 Å². The number of thioether (sulfide) groups is 1. The van der Waals surface area contributed by atoms with Gasteiger partial charge in [0.2, 0.25) is 0 Å². The van der Waals surface area contributed by atoms with Gasteiger partial charge in [-0.05, 0) is 48.0 Å². The Bertz CT molecular complexity index is 924. The van der Waals surface area contributed by atoms with Crippen LogP contribution in [0.25, 0.3) is 6.08 Å². The van der Waals surface area contributed by atoms with Crippen molar-refractivity contribution in [2.75, 3.05) is 4.90 Å². The Labute approximate surface area is 155 Å². The van der Waals surface area contributed by atoms with E-state index >= 15 is 0 Å². The van der Waals surface area contributed by atoms with Gasteiger partial charge in [0.1, 0.15) is 0 Å². The molecule has 2 aromatic carbocycles. The Morgan fingerprint density at radius 2 is 1.69 bits per heavy atom. The van der Waals surface area contributed by atoms with Gasteiger partial charge in [0.05, 0.1) is 16.2 Å². The van der Waals surface area contributed by atoms with Crippen LogP contribution in [-0.4, -0.2) is 20.4 Å². The van der Waals surface area contributed by atoms with E-state index < -0.39 is 17.6 Å². The van der Waals surface area contributed by atoms with Gasteiger partial charge < -0.3 is 10.2 Å². The molecule has 0 radical (unpaired) electrons. The maximum atomic E-state index is 12.7. The van der Waals surface area contributed by atoms with Crippen LogP contribution in [0.3, 0.4) is 0 Å². The summed E-state index contributed by atoms with van der Waals surface area (Å²) in [5.41, 5.74) is -0.118. The summed E-state index contributed by atoms with van der Waals surface area (Å²) in [7, 11) is 0. The number of hydrogen-bond donors (Lipinski definition) is 2. The number of halogens is 3. The average molecular weight is 397 g/mol. The van der Waals surface area contributed by atoms with Crippen LogP contribution in [0.4, 0.5) is 18.9 Å². The van der Waals surface area contributed by atoms with Crippen molar-refractivity contribution in [3.05, 3.63) is 58.5 Å². The second kappa shape index (κ2) is 6.65. The predicted octanol–water partition coefficient (Wildman–Crippen LogP) is 4.52. The highest BCUT2D eigenvalue weighted by molar-refractivity contribution is 8.27. The first-order chi connectivity index (χ1) is 12.2. The number of carbonyl (C=O) groups excluding carboxylic acids is 1. The Balaban J connectivity index is 1.89. The molecule has 0 saturated carbocycles. The average Bonchev–Trinajstić information content (AvgIpc) is 2.84. The molecule has 0 aromatic heterocycles. The molecule has 0 atom stereocenters. The largest absolute Gasteiger partial charge is 0.504 e. The lowest BCUT2D eigenvalue weighted by Gasteiger charge is -2.15. The molecule has 1 heterocycles. The van der Waals surface area contributed by atoms with Crippen molar-refractivity contribution in [2.24, 2.45) is 0 Å². The SMILES string of the molecule is O=C1/C(=C/c2ccc(O)c(O)c2)SC(=S)N1c1ccc(C(F)(F)F)cc1. The lowest BCUT2D eigenvalue weighted by molar-refractivity contribution is -0.137. The number of benzene rings is 2. The summed E-state index contributed by atoms with van der Waals surface area (Å²) in [6, 6.07) is 8.19. The highest BCUT2D eigenvalue weighted by atomic mass is 32.2. The molecule has 2 N–H and O–H groups in total. The van der Waals surface area contributed by atoms with Crippen LogP contribution in [-0.2, 0) is 11.0 Å². The minimum Gasteiger partial charge on any atom is -0.504 e. The molecule has 0 spiro atoms. The van der Waals surface area contributed by atoms with Gasteiger partial charge in [0.25, 0.3) is 5.91 Å². The van der Waals surface area contributed by atoms with Crippen molar-refractivity contribution in [3.63, 3.8) is 0 Å². The minimum absolute atomic E-state index is 0.184. The molecule has 134 valence electrons. The molecule has 9 heteroatoms. The Kier molecular flexibility index (Phi) is 4.68. The number of aromatic hydroxyl groups is 2. The predicted molar refractivity (Wildman–Crippen MR) is 96.9 cm³/mol. The van der Waals surface area contributed by atoms with E-state index in [1.165, 1.54) is 36.4 Å². The summed E-state index contributed by atoms with van der Waals surface area (Å²) in [6.07, 6.45) is -2.99. The Morgan fingerprint density at radius 3 is 2.27 bits per heavy atom. The van der Waals surface area contributed by atoms with E-state index in [1.807, 2.05) is 0 Å². The Morgan fingerprint density at radius 1 is 1.04 bits per heavy atom. The zero-order chi connectivity index (χ0) is 19.1. The molecular weight excluding hydrogens is 387 g/mol. The molecule has 3 rings (SSSR count). The third kappa shape index (κ3) is 3.54. The number of nitrogens with zero attached hydrogens (tertiary/aromatic N) is 1. The zero-order valence-corrected chi connectivity index (χ0v) is 14.5. The van der Waals surface area contributed by atoms with Crippen LogP contribution >= 0.6 is 24.0 Å². The van der Waals surface area contributed by atoms with Crippen LogP contribution in [0.5, 0.6) is 11.5 Å². The van der Waals surface area contributed by atoms with E-state index in [2.05, 4.69) is 0 Å². The molecule has 1 fully saturated rings. The van der Waals surface area contributed by atoms with Crippen molar-refractivity contribution >= 4 is 46.0 Å². The van der Waals surface area contributed by atoms with Gasteiger partial charge in [-0.25, -0.2) is 0 Å². The molecular formula is C17H10F3NO3S2. The van der Waals surface area contributed by atoms with Gasteiger partial charge in [-0.3, -0.25) is 9.69 Å². The summed E-state index contributed by atoms with van der Waals surface area (Å²) in [5.74, 6) is -1.11.